The van der Waals surface area contributed by atoms with E-state index in [4.69, 9.17) is 0 Å². The van der Waals surface area contributed by atoms with Crippen LogP contribution in [0.2, 0.25) is 0 Å². The molecule has 0 fully saturated rings. The Bertz CT molecular complexity index is 1520. The van der Waals surface area contributed by atoms with E-state index in [1.165, 1.54) is 37.0 Å². The molecule has 0 aromatic heterocycles. The van der Waals surface area contributed by atoms with Crippen molar-refractivity contribution in [3.05, 3.63) is 130 Å². The van der Waals surface area contributed by atoms with Crippen molar-refractivity contribution >= 4 is 11.9 Å². The Hall–Kier alpha value is -4.43. The fourth-order valence-corrected chi connectivity index (χ4v) is 5.00. The predicted octanol–water partition coefficient (Wildman–Crippen LogP) is 8.12. The first-order valence-corrected chi connectivity index (χ1v) is 14.8. The third kappa shape index (κ3) is 9.81. The van der Waals surface area contributed by atoms with Gasteiger partial charge in [-0.05, 0) is 70.5 Å². The molecule has 1 amide bonds. The molecule has 5 nitrogen and oxygen atoms in total. The Kier molecular flexibility index (Phi) is 11.3. The summed E-state index contributed by atoms with van der Waals surface area (Å²) in [7, 11) is 0. The van der Waals surface area contributed by atoms with Crippen molar-refractivity contribution in [2.75, 3.05) is 6.54 Å². The number of carbonyl (C=O) groups is 2. The van der Waals surface area contributed by atoms with E-state index in [0.717, 1.165) is 40.8 Å². The zero-order valence-corrected chi connectivity index (χ0v) is 24.7. The lowest BCUT2D eigenvalue weighted by atomic mass is 10.0. The molecule has 4 rings (SSSR count). The molecule has 0 saturated heterocycles. The molecule has 0 unspecified atom stereocenters. The van der Waals surface area contributed by atoms with Crippen molar-refractivity contribution in [3.8, 4) is 11.1 Å². The Labute approximate surface area is 256 Å². The van der Waals surface area contributed by atoms with Gasteiger partial charge in [-0.2, -0.15) is 13.2 Å². The molecule has 0 atom stereocenters. The number of alkyl halides is 3. The van der Waals surface area contributed by atoms with Gasteiger partial charge in [-0.25, -0.2) is 0 Å². The number of nitrogens with zero attached hydrogens (tertiary/aromatic N) is 1. The van der Waals surface area contributed by atoms with Gasteiger partial charge in [-0.1, -0.05) is 92.6 Å². The standard InChI is InChI=1S/C36H37F3N2O3/c1-2-3-4-6-26-9-11-27(12-10-26)22-40-35(44)32-8-5-7-31(21-32)30-17-13-28(14-18-30)23-41(25-34(42)43)24-29-15-19-33(20-16-29)36(37,38)39/h5,7-21H,2-4,6,22-25H2,1H3,(H,40,44)(H,42,43). The minimum absolute atomic E-state index is 0.164. The maximum absolute atomic E-state index is 12.9. The second-order valence-electron chi connectivity index (χ2n) is 11.0. The summed E-state index contributed by atoms with van der Waals surface area (Å²) in [6.45, 7) is 2.86. The Balaban J connectivity index is 1.36. The molecule has 0 radical (unpaired) electrons. The van der Waals surface area contributed by atoms with Gasteiger partial charge in [0.05, 0.1) is 12.1 Å². The summed E-state index contributed by atoms with van der Waals surface area (Å²) in [6, 6.07) is 28.1. The molecule has 0 aliphatic carbocycles. The molecule has 8 heteroatoms. The smallest absolute Gasteiger partial charge is 0.416 e. The summed E-state index contributed by atoms with van der Waals surface area (Å²) in [5.41, 5.74) is 5.36. The van der Waals surface area contributed by atoms with E-state index >= 15 is 0 Å². The zero-order chi connectivity index (χ0) is 31.5. The number of hydrogen-bond acceptors (Lipinski definition) is 3. The molecular formula is C36H37F3N2O3. The molecule has 44 heavy (non-hydrogen) atoms. The third-order valence-corrected chi connectivity index (χ3v) is 7.41. The van der Waals surface area contributed by atoms with Gasteiger partial charge in [0, 0.05) is 25.2 Å². The molecule has 230 valence electrons. The number of unbranched alkanes of at least 4 members (excludes halogenated alkanes) is 2. The summed E-state index contributed by atoms with van der Waals surface area (Å²) in [5.74, 6) is -1.19. The number of carbonyl (C=O) groups excluding carboxylic acids is 1. The van der Waals surface area contributed by atoms with Gasteiger partial charge < -0.3 is 10.4 Å². The highest BCUT2D eigenvalue weighted by Gasteiger charge is 2.30. The number of rotatable bonds is 14. The second kappa shape index (κ2) is 15.3. The van der Waals surface area contributed by atoms with Crippen LogP contribution in [0.5, 0.6) is 0 Å². The van der Waals surface area contributed by atoms with Crippen LogP contribution in [0.1, 0.15) is 64.4 Å². The highest BCUT2D eigenvalue weighted by atomic mass is 19.4. The van der Waals surface area contributed by atoms with Gasteiger partial charge in [-0.3, -0.25) is 14.5 Å². The quantitative estimate of drug-likeness (QED) is 0.143. The average Bonchev–Trinajstić information content (AvgIpc) is 3.00. The average molecular weight is 603 g/mol. The number of carboxylic acids is 1. The number of benzene rings is 4. The van der Waals surface area contributed by atoms with Gasteiger partial charge in [0.25, 0.3) is 5.91 Å². The SMILES string of the molecule is CCCCCc1ccc(CNC(=O)c2cccc(-c3ccc(CN(CC(=O)O)Cc4ccc(C(F)(F)F)cc4)cc3)c2)cc1. The summed E-state index contributed by atoms with van der Waals surface area (Å²) in [4.78, 5) is 26.0. The lowest BCUT2D eigenvalue weighted by Crippen LogP contribution is -2.29. The van der Waals surface area contributed by atoms with Gasteiger partial charge in [0.1, 0.15) is 0 Å². The first kappa shape index (κ1) is 32.5. The van der Waals surface area contributed by atoms with E-state index in [-0.39, 0.29) is 19.0 Å². The lowest BCUT2D eigenvalue weighted by Gasteiger charge is -2.21. The van der Waals surface area contributed by atoms with Crippen LogP contribution >= 0.6 is 0 Å². The fourth-order valence-electron chi connectivity index (χ4n) is 5.00. The van der Waals surface area contributed by atoms with E-state index in [1.54, 1.807) is 11.0 Å². The number of halogens is 3. The van der Waals surface area contributed by atoms with Crippen molar-refractivity contribution in [1.82, 2.24) is 10.2 Å². The topological polar surface area (TPSA) is 69.6 Å². The molecule has 4 aromatic rings. The molecular weight excluding hydrogens is 565 g/mol. The largest absolute Gasteiger partial charge is 0.480 e. The van der Waals surface area contributed by atoms with E-state index in [9.17, 15) is 27.9 Å². The maximum Gasteiger partial charge on any atom is 0.416 e. The molecule has 2 N–H and O–H groups in total. The molecule has 0 saturated carbocycles. The van der Waals surface area contributed by atoms with Crippen LogP contribution in [0.15, 0.2) is 97.1 Å². The minimum Gasteiger partial charge on any atom is -0.480 e. The van der Waals surface area contributed by atoms with E-state index in [0.29, 0.717) is 24.2 Å². The summed E-state index contributed by atoms with van der Waals surface area (Å²) >= 11 is 0. The van der Waals surface area contributed by atoms with Crippen molar-refractivity contribution in [2.24, 2.45) is 0 Å². The van der Waals surface area contributed by atoms with Gasteiger partial charge in [-0.15, -0.1) is 0 Å². The van der Waals surface area contributed by atoms with Crippen LogP contribution in [-0.4, -0.2) is 28.4 Å². The van der Waals surface area contributed by atoms with E-state index in [1.807, 2.05) is 42.5 Å². The number of amides is 1. The monoisotopic (exact) mass is 602 g/mol. The third-order valence-electron chi connectivity index (χ3n) is 7.41. The van der Waals surface area contributed by atoms with E-state index in [2.05, 4.69) is 36.5 Å². The van der Waals surface area contributed by atoms with Crippen molar-refractivity contribution in [1.29, 1.82) is 0 Å². The predicted molar refractivity (Wildman–Crippen MR) is 166 cm³/mol. The fraction of sp³-hybridized carbons (Fsp3) is 0.278. The number of hydrogen-bond donors (Lipinski definition) is 2. The van der Waals surface area contributed by atoms with Crippen LogP contribution in [0.4, 0.5) is 13.2 Å². The van der Waals surface area contributed by atoms with Crippen molar-refractivity contribution < 1.29 is 27.9 Å². The van der Waals surface area contributed by atoms with Gasteiger partial charge in [0.15, 0.2) is 0 Å². The molecule has 4 aromatic carbocycles. The van der Waals surface area contributed by atoms with Gasteiger partial charge >= 0.3 is 12.1 Å². The summed E-state index contributed by atoms with van der Waals surface area (Å²) in [5, 5.41) is 12.4. The molecule has 0 aliphatic heterocycles. The summed E-state index contributed by atoms with van der Waals surface area (Å²) < 4.78 is 38.7. The van der Waals surface area contributed by atoms with Crippen LogP contribution in [0.25, 0.3) is 11.1 Å². The van der Waals surface area contributed by atoms with Crippen molar-refractivity contribution in [3.63, 3.8) is 0 Å². The van der Waals surface area contributed by atoms with Crippen molar-refractivity contribution in [2.45, 2.75) is 58.4 Å². The molecule has 0 bridgehead atoms. The highest BCUT2D eigenvalue weighted by Crippen LogP contribution is 2.29. The number of aliphatic carboxylic acids is 1. The van der Waals surface area contributed by atoms with Crippen LogP contribution in [0.3, 0.4) is 0 Å². The first-order valence-electron chi connectivity index (χ1n) is 14.8. The Morgan fingerprint density at radius 3 is 1.93 bits per heavy atom. The summed E-state index contributed by atoms with van der Waals surface area (Å²) in [6.07, 6.45) is 0.241. The van der Waals surface area contributed by atoms with E-state index < -0.39 is 17.7 Å². The van der Waals surface area contributed by atoms with Crippen LogP contribution < -0.4 is 5.32 Å². The highest BCUT2D eigenvalue weighted by molar-refractivity contribution is 5.95. The molecule has 0 aliphatic rings. The normalized spacial score (nSPS) is 11.5. The molecule has 0 spiro atoms. The Morgan fingerprint density at radius 1 is 0.750 bits per heavy atom. The first-order chi connectivity index (χ1) is 21.1. The van der Waals surface area contributed by atoms with Gasteiger partial charge in [0.2, 0.25) is 0 Å². The van der Waals surface area contributed by atoms with Crippen LogP contribution in [0, 0.1) is 0 Å². The van der Waals surface area contributed by atoms with Crippen LogP contribution in [-0.2, 0) is 37.0 Å². The molecule has 0 heterocycles. The maximum atomic E-state index is 12.9. The number of nitrogens with one attached hydrogen (secondary N) is 1. The number of carboxylic acid groups (broad SMARTS) is 1. The zero-order valence-electron chi connectivity index (χ0n) is 24.7. The number of aryl methyl sites for hydroxylation is 1. The Morgan fingerprint density at radius 2 is 1.34 bits per heavy atom. The second-order valence-corrected chi connectivity index (χ2v) is 11.0. The lowest BCUT2D eigenvalue weighted by molar-refractivity contribution is -0.139. The minimum atomic E-state index is -4.43.